The zero-order valence-corrected chi connectivity index (χ0v) is 10.2. The fraction of sp³-hybridized carbons (Fsp3) is 0.571. The minimum Gasteiger partial charge on any atom is -0.493 e. The van der Waals surface area contributed by atoms with Crippen molar-refractivity contribution in [2.24, 2.45) is 5.73 Å². The summed E-state index contributed by atoms with van der Waals surface area (Å²) in [6.07, 6.45) is 6.09. The molecule has 92 valence electrons. The lowest BCUT2D eigenvalue weighted by Gasteiger charge is -2.27. The third kappa shape index (κ3) is 2.00. The first-order chi connectivity index (χ1) is 8.21. The quantitative estimate of drug-likeness (QED) is 0.869. The van der Waals surface area contributed by atoms with Crippen LogP contribution in [-0.4, -0.2) is 13.2 Å². The Balaban J connectivity index is 1.86. The van der Waals surface area contributed by atoms with E-state index < -0.39 is 0 Å². The Morgan fingerprint density at radius 2 is 2.00 bits per heavy atom. The van der Waals surface area contributed by atoms with Gasteiger partial charge in [0.15, 0.2) is 11.5 Å². The van der Waals surface area contributed by atoms with Crippen LogP contribution < -0.4 is 15.2 Å². The molecule has 17 heavy (non-hydrogen) atoms. The van der Waals surface area contributed by atoms with E-state index >= 15 is 0 Å². The Morgan fingerprint density at radius 1 is 1.24 bits per heavy atom. The largest absolute Gasteiger partial charge is 0.493 e. The van der Waals surface area contributed by atoms with Gasteiger partial charge in [-0.15, -0.1) is 0 Å². The van der Waals surface area contributed by atoms with Crippen molar-refractivity contribution in [3.8, 4) is 11.5 Å². The molecule has 3 nitrogen and oxygen atoms in total. The molecule has 2 aliphatic rings. The van der Waals surface area contributed by atoms with Crippen molar-refractivity contribution >= 4 is 0 Å². The summed E-state index contributed by atoms with van der Waals surface area (Å²) >= 11 is 0. The smallest absolute Gasteiger partial charge is 0.161 e. The van der Waals surface area contributed by atoms with E-state index in [9.17, 15) is 0 Å². The lowest BCUT2D eigenvalue weighted by Crippen LogP contribution is -2.25. The maximum Gasteiger partial charge on any atom is 0.161 e. The molecule has 0 aliphatic heterocycles. The second-order valence-corrected chi connectivity index (χ2v) is 5.19. The summed E-state index contributed by atoms with van der Waals surface area (Å²) in [5, 5.41) is 0. The summed E-state index contributed by atoms with van der Waals surface area (Å²) in [5.74, 6) is 1.66. The lowest BCUT2D eigenvalue weighted by atomic mass is 9.96. The van der Waals surface area contributed by atoms with Gasteiger partial charge in [0, 0.05) is 5.54 Å². The highest BCUT2D eigenvalue weighted by Crippen LogP contribution is 2.45. The maximum atomic E-state index is 6.21. The van der Waals surface area contributed by atoms with E-state index in [-0.39, 0.29) is 5.54 Å². The van der Waals surface area contributed by atoms with Crippen molar-refractivity contribution in [3.63, 3.8) is 0 Å². The van der Waals surface area contributed by atoms with Crippen LogP contribution in [0.1, 0.15) is 37.7 Å². The van der Waals surface area contributed by atoms with Crippen LogP contribution in [-0.2, 0) is 5.54 Å². The molecule has 1 aromatic rings. The summed E-state index contributed by atoms with van der Waals surface area (Å²) in [6, 6.07) is 6.08. The molecule has 0 saturated heterocycles. The van der Waals surface area contributed by atoms with Gasteiger partial charge in [0.1, 0.15) is 0 Å². The van der Waals surface area contributed by atoms with Crippen LogP contribution >= 0.6 is 0 Å². The summed E-state index contributed by atoms with van der Waals surface area (Å²) in [6.45, 7) is 0. The molecule has 0 heterocycles. The van der Waals surface area contributed by atoms with Gasteiger partial charge in [-0.25, -0.2) is 0 Å². The van der Waals surface area contributed by atoms with Gasteiger partial charge in [-0.1, -0.05) is 6.07 Å². The standard InChI is InChI=1S/C14H19NO2/c1-16-12-6-5-10(14(15)7-8-14)9-13(12)17-11-3-2-4-11/h5-6,9,11H,2-4,7-8,15H2,1H3. The number of ether oxygens (including phenoxy) is 2. The van der Waals surface area contributed by atoms with Gasteiger partial charge in [0.2, 0.25) is 0 Å². The maximum absolute atomic E-state index is 6.21. The highest BCUT2D eigenvalue weighted by molar-refractivity contribution is 5.46. The van der Waals surface area contributed by atoms with Gasteiger partial charge < -0.3 is 15.2 Å². The van der Waals surface area contributed by atoms with Gasteiger partial charge in [-0.2, -0.15) is 0 Å². The zero-order valence-electron chi connectivity index (χ0n) is 10.2. The Labute approximate surface area is 102 Å². The molecule has 1 aromatic carbocycles. The van der Waals surface area contributed by atoms with E-state index in [4.69, 9.17) is 15.2 Å². The molecule has 3 heteroatoms. The van der Waals surface area contributed by atoms with Crippen molar-refractivity contribution in [1.82, 2.24) is 0 Å². The fourth-order valence-electron chi connectivity index (χ4n) is 2.17. The molecule has 0 radical (unpaired) electrons. The van der Waals surface area contributed by atoms with Crippen LogP contribution in [0.2, 0.25) is 0 Å². The molecule has 0 unspecified atom stereocenters. The van der Waals surface area contributed by atoms with E-state index in [0.29, 0.717) is 6.10 Å². The molecule has 3 rings (SSSR count). The van der Waals surface area contributed by atoms with Gasteiger partial charge in [-0.05, 0) is 49.8 Å². The molecule has 2 aliphatic carbocycles. The zero-order chi connectivity index (χ0) is 11.9. The van der Waals surface area contributed by atoms with Crippen LogP contribution in [0, 0.1) is 0 Å². The van der Waals surface area contributed by atoms with E-state index in [2.05, 4.69) is 12.1 Å². The first-order valence-corrected chi connectivity index (χ1v) is 6.35. The molecule has 0 atom stereocenters. The fourth-order valence-corrected chi connectivity index (χ4v) is 2.17. The van der Waals surface area contributed by atoms with Crippen molar-refractivity contribution in [2.75, 3.05) is 7.11 Å². The molecule has 0 amide bonds. The van der Waals surface area contributed by atoms with Crippen molar-refractivity contribution in [1.29, 1.82) is 0 Å². The highest BCUT2D eigenvalue weighted by Gasteiger charge is 2.40. The van der Waals surface area contributed by atoms with E-state index in [1.54, 1.807) is 7.11 Å². The van der Waals surface area contributed by atoms with Crippen LogP contribution in [0.4, 0.5) is 0 Å². The monoisotopic (exact) mass is 233 g/mol. The average molecular weight is 233 g/mol. The van der Waals surface area contributed by atoms with Crippen molar-refractivity contribution in [3.05, 3.63) is 23.8 Å². The van der Waals surface area contributed by atoms with Gasteiger partial charge in [-0.3, -0.25) is 0 Å². The molecular formula is C14H19NO2. The van der Waals surface area contributed by atoms with E-state index in [1.807, 2.05) is 6.07 Å². The average Bonchev–Trinajstić information content (AvgIpc) is 3.03. The van der Waals surface area contributed by atoms with Gasteiger partial charge in [0.05, 0.1) is 13.2 Å². The second kappa shape index (κ2) is 3.91. The third-order valence-corrected chi connectivity index (χ3v) is 3.87. The van der Waals surface area contributed by atoms with Gasteiger partial charge >= 0.3 is 0 Å². The van der Waals surface area contributed by atoms with E-state index in [0.717, 1.165) is 37.2 Å². The topological polar surface area (TPSA) is 44.5 Å². The molecule has 2 N–H and O–H groups in total. The molecule has 0 aromatic heterocycles. The van der Waals surface area contributed by atoms with Crippen molar-refractivity contribution in [2.45, 2.75) is 43.7 Å². The van der Waals surface area contributed by atoms with Crippen LogP contribution in [0.25, 0.3) is 0 Å². The number of hydrogen-bond acceptors (Lipinski definition) is 3. The minimum atomic E-state index is -0.107. The highest BCUT2D eigenvalue weighted by atomic mass is 16.5. The van der Waals surface area contributed by atoms with Crippen LogP contribution in [0.5, 0.6) is 11.5 Å². The normalized spacial score (nSPS) is 21.8. The van der Waals surface area contributed by atoms with Crippen LogP contribution in [0.3, 0.4) is 0 Å². The Morgan fingerprint density at radius 3 is 2.53 bits per heavy atom. The molecule has 0 spiro atoms. The van der Waals surface area contributed by atoms with Crippen molar-refractivity contribution < 1.29 is 9.47 Å². The summed E-state index contributed by atoms with van der Waals surface area (Å²) < 4.78 is 11.3. The Bertz CT molecular complexity index is 422. The first kappa shape index (κ1) is 10.9. The Kier molecular flexibility index (Phi) is 2.51. The molecule has 2 saturated carbocycles. The van der Waals surface area contributed by atoms with E-state index in [1.165, 1.54) is 12.0 Å². The SMILES string of the molecule is COc1ccc(C2(N)CC2)cc1OC1CCC1. The van der Waals surface area contributed by atoms with Gasteiger partial charge in [0.25, 0.3) is 0 Å². The third-order valence-electron chi connectivity index (χ3n) is 3.87. The first-order valence-electron chi connectivity index (χ1n) is 6.35. The summed E-state index contributed by atoms with van der Waals surface area (Å²) in [5.41, 5.74) is 7.28. The van der Waals surface area contributed by atoms with Crippen LogP contribution in [0.15, 0.2) is 18.2 Å². The predicted octanol–water partition coefficient (Wildman–Crippen LogP) is 2.57. The number of nitrogens with two attached hydrogens (primary N) is 1. The summed E-state index contributed by atoms with van der Waals surface area (Å²) in [4.78, 5) is 0. The number of benzene rings is 1. The predicted molar refractivity (Wildman–Crippen MR) is 66.4 cm³/mol. The minimum absolute atomic E-state index is 0.107. The lowest BCUT2D eigenvalue weighted by molar-refractivity contribution is 0.116. The molecular weight excluding hydrogens is 214 g/mol. The molecule has 0 bridgehead atoms. The summed E-state index contributed by atoms with van der Waals surface area (Å²) in [7, 11) is 1.68. The number of methoxy groups -OCH3 is 1. The number of hydrogen-bond donors (Lipinski definition) is 1. The second-order valence-electron chi connectivity index (χ2n) is 5.19. The number of rotatable bonds is 4. The Hall–Kier alpha value is -1.22. The molecule has 2 fully saturated rings.